The number of nitrogens with zero attached hydrogens (tertiary/aromatic N) is 2. The molecule has 0 aliphatic carbocycles. The van der Waals surface area contributed by atoms with Crippen molar-refractivity contribution in [1.82, 2.24) is 9.88 Å². The van der Waals surface area contributed by atoms with Gasteiger partial charge in [-0.15, -0.1) is 0 Å². The van der Waals surface area contributed by atoms with Crippen LogP contribution in [0.15, 0.2) is 18.5 Å². The highest BCUT2D eigenvalue weighted by Gasteiger charge is 2.35. The van der Waals surface area contributed by atoms with Crippen molar-refractivity contribution in [2.24, 2.45) is 0 Å². The zero-order chi connectivity index (χ0) is 14.6. The number of morpholine rings is 1. The number of pyridine rings is 1. The lowest BCUT2D eigenvalue weighted by Gasteiger charge is -2.42. The second-order valence-corrected chi connectivity index (χ2v) is 5.20. The van der Waals surface area contributed by atoms with Crippen molar-refractivity contribution >= 4 is 5.91 Å². The van der Waals surface area contributed by atoms with Gasteiger partial charge in [0.05, 0.1) is 29.9 Å². The molecule has 0 atom stereocenters. The smallest absolute Gasteiger partial charge is 0.255 e. The first-order chi connectivity index (χ1) is 9.56. The standard InChI is InChI=1S/C15H18N2O3/c1-15(2)11-20-9-7-17(15)14(19)13-5-6-16-10-12(13)4-3-8-18/h5-6,10,18H,7-9,11H2,1-2H3. The molecule has 2 heterocycles. The van der Waals surface area contributed by atoms with Gasteiger partial charge in [-0.2, -0.15) is 0 Å². The van der Waals surface area contributed by atoms with Crippen molar-refractivity contribution in [3.8, 4) is 11.8 Å². The molecule has 106 valence electrons. The predicted molar refractivity (Wildman–Crippen MR) is 74.1 cm³/mol. The summed E-state index contributed by atoms with van der Waals surface area (Å²) >= 11 is 0. The number of aliphatic hydroxyl groups excluding tert-OH is 1. The Kier molecular flexibility index (Phi) is 4.38. The number of amides is 1. The summed E-state index contributed by atoms with van der Waals surface area (Å²) in [5.41, 5.74) is 0.699. The molecule has 1 aliphatic heterocycles. The van der Waals surface area contributed by atoms with Crippen LogP contribution in [0.5, 0.6) is 0 Å². The molecule has 0 aromatic carbocycles. The number of hydrogen-bond acceptors (Lipinski definition) is 4. The summed E-state index contributed by atoms with van der Waals surface area (Å²) in [5, 5.41) is 8.78. The average molecular weight is 274 g/mol. The molecule has 0 saturated carbocycles. The van der Waals surface area contributed by atoms with Gasteiger partial charge in [-0.3, -0.25) is 9.78 Å². The van der Waals surface area contributed by atoms with Crippen molar-refractivity contribution in [3.63, 3.8) is 0 Å². The molecule has 1 amide bonds. The summed E-state index contributed by atoms with van der Waals surface area (Å²) in [5.74, 6) is 5.24. The lowest BCUT2D eigenvalue weighted by atomic mass is 10.00. The molecule has 5 heteroatoms. The van der Waals surface area contributed by atoms with Crippen molar-refractivity contribution in [2.45, 2.75) is 19.4 Å². The third-order valence-electron chi connectivity index (χ3n) is 3.24. The minimum Gasteiger partial charge on any atom is -0.384 e. The lowest BCUT2D eigenvalue weighted by molar-refractivity contribution is -0.0370. The fourth-order valence-corrected chi connectivity index (χ4v) is 2.20. The molecule has 1 fully saturated rings. The summed E-state index contributed by atoms with van der Waals surface area (Å²) in [7, 11) is 0. The highest BCUT2D eigenvalue weighted by atomic mass is 16.5. The molecular formula is C15H18N2O3. The van der Waals surface area contributed by atoms with Crippen LogP contribution >= 0.6 is 0 Å². The first-order valence-electron chi connectivity index (χ1n) is 6.50. The van der Waals surface area contributed by atoms with Gasteiger partial charge in [0.25, 0.3) is 5.91 Å². The van der Waals surface area contributed by atoms with Crippen molar-refractivity contribution < 1.29 is 14.6 Å². The molecule has 1 aromatic heterocycles. The van der Waals surface area contributed by atoms with Crippen LogP contribution in [0.3, 0.4) is 0 Å². The maximum absolute atomic E-state index is 12.7. The normalized spacial score (nSPS) is 17.2. The molecule has 1 aliphatic rings. The Bertz CT molecular complexity index is 558. The molecule has 0 spiro atoms. The van der Waals surface area contributed by atoms with E-state index in [9.17, 15) is 4.79 Å². The van der Waals surface area contributed by atoms with E-state index in [1.165, 1.54) is 0 Å². The average Bonchev–Trinajstić information content (AvgIpc) is 2.44. The first-order valence-corrected chi connectivity index (χ1v) is 6.50. The third kappa shape index (κ3) is 2.98. The summed E-state index contributed by atoms with van der Waals surface area (Å²) in [6.07, 6.45) is 3.12. The van der Waals surface area contributed by atoms with Crippen LogP contribution in [0.4, 0.5) is 0 Å². The largest absolute Gasteiger partial charge is 0.384 e. The lowest BCUT2D eigenvalue weighted by Crippen LogP contribution is -2.55. The van der Waals surface area contributed by atoms with Crippen LogP contribution in [-0.4, -0.2) is 52.8 Å². The summed E-state index contributed by atoms with van der Waals surface area (Å²) in [6.45, 7) is 5.32. The molecule has 20 heavy (non-hydrogen) atoms. The van der Waals surface area contributed by atoms with E-state index >= 15 is 0 Å². The highest BCUT2D eigenvalue weighted by molar-refractivity contribution is 5.97. The molecule has 0 bridgehead atoms. The fraction of sp³-hybridized carbons (Fsp3) is 0.467. The SMILES string of the molecule is CC1(C)COCCN1C(=O)c1ccncc1C#CCO. The van der Waals surface area contributed by atoms with Crippen LogP contribution in [0.2, 0.25) is 0 Å². The van der Waals surface area contributed by atoms with Crippen LogP contribution in [-0.2, 0) is 4.74 Å². The second kappa shape index (κ2) is 6.04. The van der Waals surface area contributed by atoms with E-state index in [-0.39, 0.29) is 18.1 Å². The van der Waals surface area contributed by atoms with Crippen LogP contribution in [0.25, 0.3) is 0 Å². The van der Waals surface area contributed by atoms with E-state index in [1.54, 1.807) is 23.4 Å². The maximum atomic E-state index is 12.7. The molecule has 5 nitrogen and oxygen atoms in total. The van der Waals surface area contributed by atoms with E-state index in [2.05, 4.69) is 16.8 Å². The Morgan fingerprint density at radius 3 is 3.10 bits per heavy atom. The molecule has 2 rings (SSSR count). The Morgan fingerprint density at radius 2 is 2.40 bits per heavy atom. The van der Waals surface area contributed by atoms with Crippen LogP contribution < -0.4 is 0 Å². The van der Waals surface area contributed by atoms with E-state index in [4.69, 9.17) is 9.84 Å². The quantitative estimate of drug-likeness (QED) is 0.765. The van der Waals surface area contributed by atoms with E-state index < -0.39 is 0 Å². The number of aromatic nitrogens is 1. The summed E-state index contributed by atoms with van der Waals surface area (Å²) in [6, 6.07) is 1.66. The number of ether oxygens (including phenoxy) is 1. The van der Waals surface area contributed by atoms with Crippen LogP contribution in [0, 0.1) is 11.8 Å². The van der Waals surface area contributed by atoms with Gasteiger partial charge >= 0.3 is 0 Å². The zero-order valence-electron chi connectivity index (χ0n) is 11.7. The second-order valence-electron chi connectivity index (χ2n) is 5.20. The summed E-state index contributed by atoms with van der Waals surface area (Å²) in [4.78, 5) is 18.5. The number of rotatable bonds is 1. The molecule has 1 aromatic rings. The monoisotopic (exact) mass is 274 g/mol. The molecule has 0 radical (unpaired) electrons. The number of carbonyl (C=O) groups is 1. The van der Waals surface area contributed by atoms with Gasteiger partial charge < -0.3 is 14.7 Å². The minimum atomic E-state index is -0.347. The van der Waals surface area contributed by atoms with Gasteiger partial charge in [0.15, 0.2) is 0 Å². The fourth-order valence-electron chi connectivity index (χ4n) is 2.20. The predicted octanol–water partition coefficient (Wildman–Crippen LogP) is 0.676. The van der Waals surface area contributed by atoms with Gasteiger partial charge in [-0.05, 0) is 19.9 Å². The van der Waals surface area contributed by atoms with Gasteiger partial charge in [-0.25, -0.2) is 0 Å². The zero-order valence-corrected chi connectivity index (χ0v) is 11.7. The van der Waals surface area contributed by atoms with Gasteiger partial charge in [-0.1, -0.05) is 11.8 Å². The van der Waals surface area contributed by atoms with Gasteiger partial charge in [0.2, 0.25) is 0 Å². The van der Waals surface area contributed by atoms with Gasteiger partial charge in [0, 0.05) is 18.9 Å². The Hall–Kier alpha value is -1.90. The van der Waals surface area contributed by atoms with Crippen molar-refractivity contribution in [2.75, 3.05) is 26.4 Å². The molecule has 1 saturated heterocycles. The highest BCUT2D eigenvalue weighted by Crippen LogP contribution is 2.22. The summed E-state index contributed by atoms with van der Waals surface area (Å²) < 4.78 is 5.43. The van der Waals surface area contributed by atoms with E-state index in [0.29, 0.717) is 30.9 Å². The third-order valence-corrected chi connectivity index (χ3v) is 3.24. The first kappa shape index (κ1) is 14.5. The van der Waals surface area contributed by atoms with Crippen molar-refractivity contribution in [3.05, 3.63) is 29.6 Å². The number of hydrogen-bond donors (Lipinski definition) is 1. The topological polar surface area (TPSA) is 62.7 Å². The minimum absolute atomic E-state index is 0.0806. The number of carbonyl (C=O) groups excluding carboxylic acids is 1. The number of aliphatic hydroxyl groups is 1. The van der Waals surface area contributed by atoms with E-state index in [1.807, 2.05) is 13.8 Å². The molecule has 0 unspecified atom stereocenters. The van der Waals surface area contributed by atoms with E-state index in [0.717, 1.165) is 0 Å². The molecular weight excluding hydrogens is 256 g/mol. The Balaban J connectivity index is 2.33. The van der Waals surface area contributed by atoms with Gasteiger partial charge in [0.1, 0.15) is 6.61 Å². The van der Waals surface area contributed by atoms with Crippen LogP contribution in [0.1, 0.15) is 29.8 Å². The molecule has 1 N–H and O–H groups in total. The Labute approximate surface area is 118 Å². The Morgan fingerprint density at radius 1 is 1.60 bits per heavy atom. The maximum Gasteiger partial charge on any atom is 0.255 e. The van der Waals surface area contributed by atoms with Crippen molar-refractivity contribution in [1.29, 1.82) is 0 Å².